The maximum atomic E-state index is 12.2. The van der Waals surface area contributed by atoms with Crippen molar-refractivity contribution in [3.8, 4) is 0 Å². The molecule has 0 aliphatic carbocycles. The lowest BCUT2D eigenvalue weighted by Crippen LogP contribution is -2.16. The predicted octanol–water partition coefficient (Wildman–Crippen LogP) is 2.41. The summed E-state index contributed by atoms with van der Waals surface area (Å²) in [4.78, 5) is 0. The molecule has 0 saturated carbocycles. The van der Waals surface area contributed by atoms with E-state index in [1.54, 1.807) is 0 Å². The Labute approximate surface area is 91.9 Å². The summed E-state index contributed by atoms with van der Waals surface area (Å²) in [6.07, 6.45) is 0.252. The first-order valence-corrected chi connectivity index (χ1v) is 5.86. The number of nitrogens with zero attached hydrogens (tertiary/aromatic N) is 2. The maximum absolute atomic E-state index is 12.2. The fraction of sp³-hybridized carbons (Fsp3) is 0.778. The second-order valence-corrected chi connectivity index (χ2v) is 4.28. The van der Waals surface area contributed by atoms with Gasteiger partial charge in [0.25, 0.3) is 6.43 Å². The Morgan fingerprint density at radius 1 is 1.33 bits per heavy atom. The highest BCUT2D eigenvalue weighted by atomic mass is 32.1. The van der Waals surface area contributed by atoms with Gasteiger partial charge in [-0.15, -0.1) is 10.2 Å². The first-order valence-electron chi connectivity index (χ1n) is 5.05. The fourth-order valence-electron chi connectivity index (χ4n) is 1.12. The minimum absolute atomic E-state index is 0.175. The Morgan fingerprint density at radius 2 is 2.13 bits per heavy atom. The van der Waals surface area contributed by atoms with Crippen molar-refractivity contribution in [3.63, 3.8) is 0 Å². The third-order valence-corrected chi connectivity index (χ3v) is 2.83. The molecule has 0 spiro atoms. The van der Waals surface area contributed by atoms with E-state index < -0.39 is 6.43 Å². The molecule has 0 saturated heterocycles. The summed E-state index contributed by atoms with van der Waals surface area (Å²) in [5.41, 5.74) is 0. The Bertz CT molecular complexity index is 278. The normalized spacial score (nSPS) is 11.2. The molecule has 0 aromatic carbocycles. The zero-order valence-corrected chi connectivity index (χ0v) is 9.49. The van der Waals surface area contributed by atoms with Crippen LogP contribution in [0, 0.1) is 0 Å². The first kappa shape index (κ1) is 12.4. The molecule has 3 nitrogen and oxygen atoms in total. The standard InChI is InChI=1S/C9H15F2N3S/c1-2-5-12-6-3-4-7-13-14-9(15-7)8(10)11/h8,12H,2-6H2,1H3. The van der Waals surface area contributed by atoms with Crippen molar-refractivity contribution in [1.82, 2.24) is 15.5 Å². The zero-order chi connectivity index (χ0) is 11.1. The van der Waals surface area contributed by atoms with E-state index in [2.05, 4.69) is 22.4 Å². The highest BCUT2D eigenvalue weighted by Gasteiger charge is 2.13. The first-order chi connectivity index (χ1) is 7.24. The molecule has 0 unspecified atom stereocenters. The van der Waals surface area contributed by atoms with E-state index >= 15 is 0 Å². The van der Waals surface area contributed by atoms with Gasteiger partial charge in [-0.05, 0) is 25.9 Å². The molecule has 0 radical (unpaired) electrons. The van der Waals surface area contributed by atoms with Gasteiger partial charge in [-0.3, -0.25) is 0 Å². The number of aryl methyl sites for hydroxylation is 1. The summed E-state index contributed by atoms with van der Waals surface area (Å²) in [5.74, 6) is 0. The van der Waals surface area contributed by atoms with E-state index in [9.17, 15) is 8.78 Å². The third kappa shape index (κ3) is 4.61. The molecule has 0 atom stereocenters. The van der Waals surface area contributed by atoms with Crippen molar-refractivity contribution in [3.05, 3.63) is 10.0 Å². The number of alkyl halides is 2. The molecule has 0 fully saturated rings. The minimum Gasteiger partial charge on any atom is -0.317 e. The highest BCUT2D eigenvalue weighted by molar-refractivity contribution is 7.11. The molecule has 0 aliphatic heterocycles. The van der Waals surface area contributed by atoms with Gasteiger partial charge in [0.1, 0.15) is 5.01 Å². The molecular weight excluding hydrogens is 220 g/mol. The molecular formula is C9H15F2N3S. The van der Waals surface area contributed by atoms with Crippen LogP contribution in [0.2, 0.25) is 0 Å². The second-order valence-electron chi connectivity index (χ2n) is 3.19. The molecule has 15 heavy (non-hydrogen) atoms. The number of hydrogen-bond donors (Lipinski definition) is 1. The smallest absolute Gasteiger partial charge is 0.291 e. The third-order valence-electron chi connectivity index (χ3n) is 1.84. The van der Waals surface area contributed by atoms with Gasteiger partial charge in [-0.25, -0.2) is 8.78 Å². The number of aromatic nitrogens is 2. The zero-order valence-electron chi connectivity index (χ0n) is 8.67. The van der Waals surface area contributed by atoms with Crippen LogP contribution in [0.1, 0.15) is 36.2 Å². The average Bonchev–Trinajstić information content (AvgIpc) is 2.66. The lowest BCUT2D eigenvalue weighted by atomic mass is 10.3. The Morgan fingerprint density at radius 3 is 2.73 bits per heavy atom. The predicted molar refractivity (Wildman–Crippen MR) is 56.3 cm³/mol. The van der Waals surface area contributed by atoms with Crippen molar-refractivity contribution >= 4 is 11.3 Å². The van der Waals surface area contributed by atoms with Gasteiger partial charge in [-0.2, -0.15) is 0 Å². The van der Waals surface area contributed by atoms with Gasteiger partial charge in [-0.1, -0.05) is 18.3 Å². The van der Waals surface area contributed by atoms with Crippen molar-refractivity contribution in [2.24, 2.45) is 0 Å². The summed E-state index contributed by atoms with van der Waals surface area (Å²) >= 11 is 1.00. The fourth-order valence-corrected chi connectivity index (χ4v) is 1.86. The van der Waals surface area contributed by atoms with Crippen LogP contribution in [0.3, 0.4) is 0 Å². The molecule has 1 N–H and O–H groups in total. The summed E-state index contributed by atoms with van der Waals surface area (Å²) < 4.78 is 24.3. The summed E-state index contributed by atoms with van der Waals surface area (Å²) in [7, 11) is 0. The van der Waals surface area contributed by atoms with Crippen molar-refractivity contribution in [1.29, 1.82) is 0 Å². The molecule has 6 heteroatoms. The Hall–Kier alpha value is -0.620. The molecule has 86 valence electrons. The summed E-state index contributed by atoms with van der Waals surface area (Å²) in [6, 6.07) is 0. The van der Waals surface area contributed by atoms with Gasteiger partial charge in [0.2, 0.25) is 0 Å². The minimum atomic E-state index is -2.49. The number of halogens is 2. The second kappa shape index (κ2) is 6.79. The van der Waals surface area contributed by atoms with Crippen LogP contribution in [0.15, 0.2) is 0 Å². The number of rotatable bonds is 7. The van der Waals surface area contributed by atoms with Crippen LogP contribution >= 0.6 is 11.3 Å². The van der Waals surface area contributed by atoms with Crippen LogP contribution in [-0.4, -0.2) is 23.3 Å². The summed E-state index contributed by atoms with van der Waals surface area (Å²) in [6.45, 7) is 4.00. The van der Waals surface area contributed by atoms with E-state index in [1.165, 1.54) is 0 Å². The maximum Gasteiger partial charge on any atom is 0.291 e. The van der Waals surface area contributed by atoms with Gasteiger partial charge < -0.3 is 5.32 Å². The monoisotopic (exact) mass is 235 g/mol. The molecule has 1 aromatic heterocycles. The van der Waals surface area contributed by atoms with E-state index in [-0.39, 0.29) is 5.01 Å². The van der Waals surface area contributed by atoms with Crippen molar-refractivity contribution in [2.45, 2.75) is 32.6 Å². The quantitative estimate of drug-likeness (QED) is 0.737. The van der Waals surface area contributed by atoms with Gasteiger partial charge in [0.15, 0.2) is 5.01 Å². The molecule has 1 heterocycles. The topological polar surface area (TPSA) is 37.8 Å². The Kier molecular flexibility index (Phi) is 5.63. The van der Waals surface area contributed by atoms with Crippen LogP contribution in [0.4, 0.5) is 8.78 Å². The molecule has 0 aliphatic rings. The van der Waals surface area contributed by atoms with E-state index in [0.717, 1.165) is 43.7 Å². The van der Waals surface area contributed by atoms with E-state index in [1.807, 2.05) is 0 Å². The van der Waals surface area contributed by atoms with Crippen LogP contribution in [0.25, 0.3) is 0 Å². The SMILES string of the molecule is CCCNCCCc1nnc(C(F)F)s1. The number of hydrogen-bond acceptors (Lipinski definition) is 4. The molecule has 0 bridgehead atoms. The van der Waals surface area contributed by atoms with E-state index in [0.29, 0.717) is 5.01 Å². The van der Waals surface area contributed by atoms with Crippen molar-refractivity contribution < 1.29 is 8.78 Å². The largest absolute Gasteiger partial charge is 0.317 e. The van der Waals surface area contributed by atoms with Gasteiger partial charge >= 0.3 is 0 Å². The highest BCUT2D eigenvalue weighted by Crippen LogP contribution is 2.22. The van der Waals surface area contributed by atoms with Crippen LogP contribution in [0.5, 0.6) is 0 Å². The Balaban J connectivity index is 2.20. The van der Waals surface area contributed by atoms with Crippen molar-refractivity contribution in [2.75, 3.05) is 13.1 Å². The average molecular weight is 235 g/mol. The van der Waals surface area contributed by atoms with Gasteiger partial charge in [0.05, 0.1) is 0 Å². The van der Waals surface area contributed by atoms with Crippen LogP contribution in [-0.2, 0) is 6.42 Å². The lowest BCUT2D eigenvalue weighted by Gasteiger charge is -1.99. The van der Waals surface area contributed by atoms with Gasteiger partial charge in [0, 0.05) is 6.42 Å². The lowest BCUT2D eigenvalue weighted by molar-refractivity contribution is 0.150. The molecule has 0 amide bonds. The summed E-state index contributed by atoms with van der Waals surface area (Å²) in [5, 5.41) is 10.9. The van der Waals surface area contributed by atoms with E-state index in [4.69, 9.17) is 0 Å². The van der Waals surface area contributed by atoms with Crippen LogP contribution < -0.4 is 5.32 Å². The molecule has 1 rings (SSSR count). The number of nitrogens with one attached hydrogen (secondary N) is 1. The molecule has 1 aromatic rings.